The average molecular weight is 404 g/mol. The summed E-state index contributed by atoms with van der Waals surface area (Å²) in [5.74, 6) is 0.915. The summed E-state index contributed by atoms with van der Waals surface area (Å²) in [6, 6.07) is 12.8. The molecule has 3 aromatic rings. The number of carbonyl (C=O) groups excluding carboxylic acids is 1. The van der Waals surface area contributed by atoms with E-state index in [-0.39, 0.29) is 11.9 Å². The first-order valence-electron chi connectivity index (χ1n) is 10.4. The molecule has 6 nitrogen and oxygen atoms in total. The summed E-state index contributed by atoms with van der Waals surface area (Å²) in [5, 5.41) is 14.5. The third-order valence-corrected chi connectivity index (χ3v) is 6.24. The number of benzene rings is 2. The van der Waals surface area contributed by atoms with Crippen molar-refractivity contribution in [3.05, 3.63) is 58.8 Å². The molecule has 1 aliphatic heterocycles. The number of anilines is 2. The second kappa shape index (κ2) is 7.94. The Morgan fingerprint density at radius 3 is 2.60 bits per heavy atom. The predicted molar refractivity (Wildman–Crippen MR) is 122 cm³/mol. The maximum Gasteiger partial charge on any atom is 0.241 e. The first kappa shape index (κ1) is 20.1. The molecule has 2 aromatic carbocycles. The molecule has 1 aromatic heterocycles. The normalized spacial score (nSPS) is 15.6. The van der Waals surface area contributed by atoms with Crippen molar-refractivity contribution < 1.29 is 4.79 Å². The molecule has 4 rings (SSSR count). The van der Waals surface area contributed by atoms with Crippen LogP contribution in [0.4, 0.5) is 11.5 Å². The van der Waals surface area contributed by atoms with E-state index >= 15 is 0 Å². The van der Waals surface area contributed by atoms with Gasteiger partial charge >= 0.3 is 0 Å². The van der Waals surface area contributed by atoms with Crippen molar-refractivity contribution in [2.75, 3.05) is 36.9 Å². The van der Waals surface area contributed by atoms with Gasteiger partial charge in [-0.3, -0.25) is 4.79 Å². The van der Waals surface area contributed by atoms with Gasteiger partial charge in [0.2, 0.25) is 5.91 Å². The van der Waals surface area contributed by atoms with Crippen LogP contribution in [0.25, 0.3) is 10.8 Å². The third-order valence-electron chi connectivity index (χ3n) is 6.24. The standard InChI is InChI=1S/C24H29N5O/c1-15-7-6-8-20(16(15)2)17(3)25-24-22-13-19(9-10-21(22)18(4)26-27-24)29-12-11-28(5)23(30)14-29/h6-10,13,17H,11-12,14H2,1-5H3,(H,25,27)/t17-/m1/s1. The number of piperazine rings is 1. The number of amides is 1. The molecule has 6 heteroatoms. The maximum absolute atomic E-state index is 12.2. The van der Waals surface area contributed by atoms with E-state index in [9.17, 15) is 4.79 Å². The Morgan fingerprint density at radius 1 is 1.03 bits per heavy atom. The van der Waals surface area contributed by atoms with Crippen LogP contribution in [0.3, 0.4) is 0 Å². The van der Waals surface area contributed by atoms with Crippen molar-refractivity contribution in [2.45, 2.75) is 33.7 Å². The van der Waals surface area contributed by atoms with Crippen LogP contribution in [0.5, 0.6) is 0 Å². The van der Waals surface area contributed by atoms with Gasteiger partial charge in [0.25, 0.3) is 0 Å². The van der Waals surface area contributed by atoms with Crippen LogP contribution in [0.1, 0.15) is 35.3 Å². The highest BCUT2D eigenvalue weighted by molar-refractivity contribution is 5.96. The Kier molecular flexibility index (Phi) is 5.33. The van der Waals surface area contributed by atoms with Crippen molar-refractivity contribution in [3.8, 4) is 0 Å². The van der Waals surface area contributed by atoms with Crippen molar-refractivity contribution in [3.63, 3.8) is 0 Å². The van der Waals surface area contributed by atoms with Crippen LogP contribution in [0, 0.1) is 20.8 Å². The summed E-state index contributed by atoms with van der Waals surface area (Å²) in [6.07, 6.45) is 0. The zero-order valence-corrected chi connectivity index (χ0v) is 18.4. The largest absolute Gasteiger partial charge is 0.362 e. The Hall–Kier alpha value is -3.15. The molecule has 1 saturated heterocycles. The zero-order chi connectivity index (χ0) is 21.4. The summed E-state index contributed by atoms with van der Waals surface area (Å²) < 4.78 is 0. The highest BCUT2D eigenvalue weighted by Gasteiger charge is 2.22. The molecule has 1 fully saturated rings. The second-order valence-corrected chi connectivity index (χ2v) is 8.26. The number of hydrogen-bond donors (Lipinski definition) is 1. The van der Waals surface area contributed by atoms with Crippen LogP contribution in [0.15, 0.2) is 36.4 Å². The van der Waals surface area contributed by atoms with E-state index in [0.717, 1.165) is 41.1 Å². The topological polar surface area (TPSA) is 61.4 Å². The van der Waals surface area contributed by atoms with Gasteiger partial charge in [0.1, 0.15) is 0 Å². The highest BCUT2D eigenvalue weighted by Crippen LogP contribution is 2.31. The van der Waals surface area contributed by atoms with Gasteiger partial charge in [-0.25, -0.2) is 0 Å². The molecule has 0 unspecified atom stereocenters. The van der Waals surface area contributed by atoms with Gasteiger partial charge in [-0.1, -0.05) is 24.3 Å². The molecule has 1 N–H and O–H groups in total. The first-order chi connectivity index (χ1) is 14.3. The fourth-order valence-corrected chi connectivity index (χ4v) is 4.08. The van der Waals surface area contributed by atoms with Gasteiger partial charge in [0.05, 0.1) is 18.3 Å². The van der Waals surface area contributed by atoms with Crippen LogP contribution in [0.2, 0.25) is 0 Å². The first-order valence-corrected chi connectivity index (χ1v) is 10.4. The lowest BCUT2D eigenvalue weighted by Gasteiger charge is -2.33. The van der Waals surface area contributed by atoms with Gasteiger partial charge < -0.3 is 15.1 Å². The fourth-order valence-electron chi connectivity index (χ4n) is 4.08. The predicted octanol–water partition coefficient (Wildman–Crippen LogP) is 4.01. The van der Waals surface area contributed by atoms with E-state index in [2.05, 4.69) is 77.6 Å². The van der Waals surface area contributed by atoms with Crippen LogP contribution < -0.4 is 10.2 Å². The lowest BCUT2D eigenvalue weighted by atomic mass is 9.98. The minimum absolute atomic E-state index is 0.0963. The van der Waals surface area contributed by atoms with Gasteiger partial charge in [-0.05, 0) is 56.5 Å². The zero-order valence-electron chi connectivity index (χ0n) is 18.4. The number of nitrogens with one attached hydrogen (secondary N) is 1. The minimum Gasteiger partial charge on any atom is -0.362 e. The number of aromatic nitrogens is 2. The van der Waals surface area contributed by atoms with Crippen molar-refractivity contribution >= 4 is 28.2 Å². The molecule has 0 spiro atoms. The third kappa shape index (κ3) is 3.70. The summed E-state index contributed by atoms with van der Waals surface area (Å²) >= 11 is 0. The van der Waals surface area contributed by atoms with Gasteiger partial charge in [-0.15, -0.1) is 5.10 Å². The summed E-state index contributed by atoms with van der Waals surface area (Å²) in [4.78, 5) is 16.1. The van der Waals surface area contributed by atoms with Gasteiger partial charge in [0.15, 0.2) is 5.82 Å². The van der Waals surface area contributed by atoms with Crippen molar-refractivity contribution in [2.24, 2.45) is 0 Å². The van der Waals surface area contributed by atoms with E-state index in [1.807, 2.05) is 14.0 Å². The number of aryl methyl sites for hydroxylation is 2. The Labute approximate surface area is 177 Å². The molecule has 1 amide bonds. The highest BCUT2D eigenvalue weighted by atomic mass is 16.2. The molecule has 0 aliphatic carbocycles. The number of hydrogen-bond acceptors (Lipinski definition) is 5. The molecule has 0 saturated carbocycles. The number of likely N-dealkylation sites (N-methyl/N-ethyl adjacent to an activating group) is 1. The molecular weight excluding hydrogens is 374 g/mol. The molecule has 30 heavy (non-hydrogen) atoms. The van der Waals surface area contributed by atoms with E-state index in [1.54, 1.807) is 4.90 Å². The van der Waals surface area contributed by atoms with E-state index in [1.165, 1.54) is 16.7 Å². The van der Waals surface area contributed by atoms with Crippen LogP contribution >= 0.6 is 0 Å². The Bertz CT molecular complexity index is 1110. The quantitative estimate of drug-likeness (QED) is 0.713. The Balaban J connectivity index is 1.70. The number of carbonyl (C=O) groups is 1. The molecule has 1 atom stereocenters. The Morgan fingerprint density at radius 2 is 1.83 bits per heavy atom. The molecule has 0 bridgehead atoms. The molecule has 2 heterocycles. The van der Waals surface area contributed by atoms with Crippen molar-refractivity contribution in [1.82, 2.24) is 15.1 Å². The summed E-state index contributed by atoms with van der Waals surface area (Å²) in [5.41, 5.74) is 5.77. The minimum atomic E-state index is 0.0963. The van der Waals surface area contributed by atoms with Crippen LogP contribution in [-0.2, 0) is 4.79 Å². The van der Waals surface area contributed by atoms with E-state index in [0.29, 0.717) is 6.54 Å². The van der Waals surface area contributed by atoms with Gasteiger partial charge in [-0.2, -0.15) is 5.10 Å². The maximum atomic E-state index is 12.2. The molecular formula is C24H29N5O. The number of rotatable bonds is 4. The van der Waals surface area contributed by atoms with Crippen molar-refractivity contribution in [1.29, 1.82) is 0 Å². The van der Waals surface area contributed by atoms with Gasteiger partial charge in [0, 0.05) is 36.6 Å². The monoisotopic (exact) mass is 403 g/mol. The lowest BCUT2D eigenvalue weighted by molar-refractivity contribution is -0.129. The molecule has 0 radical (unpaired) electrons. The number of fused-ring (bicyclic) bond motifs is 1. The SMILES string of the molecule is Cc1cccc([C@@H](C)Nc2nnc(C)c3ccc(N4CCN(C)C(=O)C4)cc23)c1C. The van der Waals surface area contributed by atoms with Crippen LogP contribution in [-0.4, -0.2) is 47.7 Å². The fraction of sp³-hybridized carbons (Fsp3) is 0.375. The van der Waals surface area contributed by atoms with E-state index < -0.39 is 0 Å². The average Bonchev–Trinajstić information content (AvgIpc) is 2.73. The smallest absolute Gasteiger partial charge is 0.241 e. The molecule has 156 valence electrons. The summed E-state index contributed by atoms with van der Waals surface area (Å²) in [7, 11) is 1.86. The molecule has 1 aliphatic rings. The van der Waals surface area contributed by atoms with E-state index in [4.69, 9.17) is 0 Å². The summed E-state index contributed by atoms with van der Waals surface area (Å²) in [6.45, 7) is 10.4. The lowest BCUT2D eigenvalue weighted by Crippen LogP contribution is -2.48. The second-order valence-electron chi connectivity index (χ2n) is 8.26. The number of nitrogens with zero attached hydrogens (tertiary/aromatic N) is 4.